The Morgan fingerprint density at radius 2 is 1.68 bits per heavy atom. The Labute approximate surface area is 116 Å². The van der Waals surface area contributed by atoms with Gasteiger partial charge in [-0.25, -0.2) is 9.97 Å². The third kappa shape index (κ3) is 2.56. The van der Waals surface area contributed by atoms with Gasteiger partial charge < -0.3 is 14.2 Å². The predicted octanol–water partition coefficient (Wildman–Crippen LogP) is 2.82. The summed E-state index contributed by atoms with van der Waals surface area (Å²) in [6, 6.07) is 5.17. The molecule has 0 spiro atoms. The second kappa shape index (κ2) is 5.75. The van der Waals surface area contributed by atoms with Gasteiger partial charge in [-0.05, 0) is 18.2 Å². The van der Waals surface area contributed by atoms with Gasteiger partial charge in [-0.15, -0.1) is 0 Å². The molecule has 1 aromatic heterocycles. The van der Waals surface area contributed by atoms with Gasteiger partial charge in [-0.1, -0.05) is 11.6 Å². The first-order valence-electron chi connectivity index (χ1n) is 5.49. The molecule has 0 saturated heterocycles. The van der Waals surface area contributed by atoms with E-state index in [1.165, 1.54) is 0 Å². The van der Waals surface area contributed by atoms with Crippen LogP contribution in [0.15, 0.2) is 24.4 Å². The van der Waals surface area contributed by atoms with Gasteiger partial charge in [-0.2, -0.15) is 0 Å². The van der Waals surface area contributed by atoms with Crippen molar-refractivity contribution >= 4 is 11.6 Å². The molecule has 0 bridgehead atoms. The van der Waals surface area contributed by atoms with Crippen molar-refractivity contribution in [1.29, 1.82) is 0 Å². The summed E-state index contributed by atoms with van der Waals surface area (Å²) in [6.07, 6.45) is 1.58. The first kappa shape index (κ1) is 13.4. The molecule has 0 aliphatic rings. The molecule has 0 N–H and O–H groups in total. The molecule has 0 saturated carbocycles. The zero-order chi connectivity index (χ0) is 13.8. The molecule has 6 heteroatoms. The highest BCUT2D eigenvalue weighted by atomic mass is 35.5. The fourth-order valence-corrected chi connectivity index (χ4v) is 1.88. The van der Waals surface area contributed by atoms with E-state index in [-0.39, 0.29) is 0 Å². The number of aromatic nitrogens is 2. The molecule has 0 amide bonds. The lowest BCUT2D eigenvalue weighted by Crippen LogP contribution is -1.98. The third-order valence-corrected chi connectivity index (χ3v) is 2.78. The fourth-order valence-electron chi connectivity index (χ4n) is 1.74. The minimum Gasteiger partial charge on any atom is -0.493 e. The highest BCUT2D eigenvalue weighted by Gasteiger charge is 2.18. The van der Waals surface area contributed by atoms with Crippen LogP contribution in [0.2, 0.25) is 5.15 Å². The van der Waals surface area contributed by atoms with Crippen molar-refractivity contribution in [2.45, 2.75) is 0 Å². The number of nitrogens with zero attached hydrogens (tertiary/aromatic N) is 2. The van der Waals surface area contributed by atoms with Gasteiger partial charge in [0, 0.05) is 6.20 Å². The van der Waals surface area contributed by atoms with E-state index in [4.69, 9.17) is 25.8 Å². The fraction of sp³-hybridized carbons (Fsp3) is 0.231. The number of benzene rings is 1. The molecule has 19 heavy (non-hydrogen) atoms. The molecular weight excluding hydrogens is 268 g/mol. The first-order chi connectivity index (χ1) is 9.21. The summed E-state index contributed by atoms with van der Waals surface area (Å²) in [5.74, 6) is 2.03. The largest absolute Gasteiger partial charge is 0.493 e. The van der Waals surface area contributed by atoms with E-state index in [1.807, 2.05) is 0 Å². The van der Waals surface area contributed by atoms with Crippen LogP contribution in [0.3, 0.4) is 0 Å². The summed E-state index contributed by atoms with van der Waals surface area (Å²) in [4.78, 5) is 8.34. The Morgan fingerprint density at radius 1 is 0.947 bits per heavy atom. The average Bonchev–Trinajstić information content (AvgIpc) is 2.45. The molecule has 0 aliphatic carbocycles. The van der Waals surface area contributed by atoms with Crippen LogP contribution in [0.25, 0.3) is 11.4 Å². The van der Waals surface area contributed by atoms with Gasteiger partial charge in [0.25, 0.3) is 0 Å². The van der Waals surface area contributed by atoms with Crippen LogP contribution in [-0.4, -0.2) is 31.3 Å². The lowest BCUT2D eigenvalue weighted by molar-refractivity contribution is 0.325. The van der Waals surface area contributed by atoms with Crippen molar-refractivity contribution < 1.29 is 14.2 Å². The first-order valence-corrected chi connectivity index (χ1v) is 5.87. The van der Waals surface area contributed by atoms with E-state index >= 15 is 0 Å². The molecule has 2 aromatic rings. The normalized spacial score (nSPS) is 10.1. The van der Waals surface area contributed by atoms with E-state index in [2.05, 4.69) is 9.97 Å². The highest BCUT2D eigenvalue weighted by Crippen LogP contribution is 2.43. The Morgan fingerprint density at radius 3 is 2.26 bits per heavy atom. The maximum atomic E-state index is 5.87. The zero-order valence-electron chi connectivity index (χ0n) is 10.8. The van der Waals surface area contributed by atoms with Gasteiger partial charge >= 0.3 is 0 Å². The zero-order valence-corrected chi connectivity index (χ0v) is 11.6. The summed E-state index contributed by atoms with van der Waals surface area (Å²) >= 11 is 5.87. The molecule has 5 nitrogen and oxygen atoms in total. The van der Waals surface area contributed by atoms with Crippen LogP contribution in [0, 0.1) is 0 Å². The van der Waals surface area contributed by atoms with E-state index in [9.17, 15) is 0 Å². The molecule has 100 valence electrons. The smallest absolute Gasteiger partial charge is 0.204 e. The lowest BCUT2D eigenvalue weighted by Gasteiger charge is -2.14. The van der Waals surface area contributed by atoms with Gasteiger partial charge in [0.2, 0.25) is 5.75 Å². The summed E-state index contributed by atoms with van der Waals surface area (Å²) in [6.45, 7) is 0. The summed E-state index contributed by atoms with van der Waals surface area (Å²) in [7, 11) is 4.65. The molecule has 1 aromatic carbocycles. The Bertz CT molecular complexity index is 590. The number of halogens is 1. The van der Waals surface area contributed by atoms with Crippen LogP contribution in [0.1, 0.15) is 0 Å². The van der Waals surface area contributed by atoms with Gasteiger partial charge in [-0.3, -0.25) is 0 Å². The Hall–Kier alpha value is -2.01. The minimum absolute atomic E-state index is 0.363. The lowest BCUT2D eigenvalue weighted by atomic mass is 10.1. The minimum atomic E-state index is 0.363. The molecule has 0 unspecified atom stereocenters. The van der Waals surface area contributed by atoms with E-state index in [1.54, 1.807) is 45.7 Å². The van der Waals surface area contributed by atoms with E-state index < -0.39 is 0 Å². The van der Waals surface area contributed by atoms with Crippen LogP contribution in [0.4, 0.5) is 0 Å². The second-order valence-corrected chi connectivity index (χ2v) is 3.97. The van der Waals surface area contributed by atoms with E-state index in [0.717, 1.165) is 0 Å². The van der Waals surface area contributed by atoms with Crippen molar-refractivity contribution in [2.24, 2.45) is 0 Å². The van der Waals surface area contributed by atoms with Crippen molar-refractivity contribution in [1.82, 2.24) is 9.97 Å². The monoisotopic (exact) mass is 280 g/mol. The average molecular weight is 281 g/mol. The van der Waals surface area contributed by atoms with Crippen LogP contribution < -0.4 is 14.2 Å². The third-order valence-electron chi connectivity index (χ3n) is 2.57. The Kier molecular flexibility index (Phi) is 4.06. The number of hydrogen-bond acceptors (Lipinski definition) is 5. The number of ether oxygens (including phenoxy) is 3. The van der Waals surface area contributed by atoms with Crippen LogP contribution >= 0.6 is 11.6 Å². The van der Waals surface area contributed by atoms with Gasteiger partial charge in [0.1, 0.15) is 5.15 Å². The second-order valence-electron chi connectivity index (χ2n) is 3.58. The van der Waals surface area contributed by atoms with Crippen molar-refractivity contribution in [2.75, 3.05) is 21.3 Å². The maximum Gasteiger partial charge on any atom is 0.204 e. The molecule has 0 aliphatic heterocycles. The quantitative estimate of drug-likeness (QED) is 0.806. The SMILES string of the molecule is COc1ccc(-c2nccc(Cl)n2)c(OC)c1OC. The number of rotatable bonds is 4. The molecule has 1 heterocycles. The topological polar surface area (TPSA) is 53.5 Å². The van der Waals surface area contributed by atoms with Crippen molar-refractivity contribution in [3.05, 3.63) is 29.5 Å². The number of hydrogen-bond donors (Lipinski definition) is 0. The predicted molar refractivity (Wildman–Crippen MR) is 72.1 cm³/mol. The molecular formula is C13H13ClN2O3. The van der Waals surface area contributed by atoms with Crippen molar-refractivity contribution in [3.8, 4) is 28.6 Å². The standard InChI is InChI=1S/C13H13ClN2O3/c1-17-9-5-4-8(11(18-2)12(9)19-3)13-15-7-6-10(14)16-13/h4-7H,1-3H3. The Balaban J connectivity index is 2.64. The summed E-state index contributed by atoms with van der Waals surface area (Å²) < 4.78 is 15.9. The molecule has 0 radical (unpaired) electrons. The number of methoxy groups -OCH3 is 3. The maximum absolute atomic E-state index is 5.87. The van der Waals surface area contributed by atoms with E-state index in [0.29, 0.717) is 33.8 Å². The summed E-state index contributed by atoms with van der Waals surface area (Å²) in [5.41, 5.74) is 0.683. The van der Waals surface area contributed by atoms with Crippen LogP contribution in [-0.2, 0) is 0 Å². The highest BCUT2D eigenvalue weighted by molar-refractivity contribution is 6.29. The molecule has 0 fully saturated rings. The van der Waals surface area contributed by atoms with Crippen molar-refractivity contribution in [3.63, 3.8) is 0 Å². The van der Waals surface area contributed by atoms with Crippen LogP contribution in [0.5, 0.6) is 17.2 Å². The molecule has 2 rings (SSSR count). The van der Waals surface area contributed by atoms with Gasteiger partial charge in [0.05, 0.1) is 26.9 Å². The van der Waals surface area contributed by atoms with Gasteiger partial charge in [0.15, 0.2) is 17.3 Å². The summed E-state index contributed by atoms with van der Waals surface area (Å²) in [5, 5.41) is 0.363. The molecule has 0 atom stereocenters.